The van der Waals surface area contributed by atoms with Gasteiger partial charge in [0.2, 0.25) is 11.8 Å². The van der Waals surface area contributed by atoms with Crippen molar-refractivity contribution < 1.29 is 28.7 Å². The van der Waals surface area contributed by atoms with E-state index in [1.165, 1.54) is 16.5 Å². The van der Waals surface area contributed by atoms with Gasteiger partial charge in [-0.2, -0.15) is 0 Å². The molecule has 1 aliphatic heterocycles. The van der Waals surface area contributed by atoms with Gasteiger partial charge >= 0.3 is 6.09 Å². The summed E-state index contributed by atoms with van der Waals surface area (Å²) in [6.45, 7) is 11.9. The Morgan fingerprint density at radius 1 is 1.02 bits per heavy atom. The lowest BCUT2D eigenvalue weighted by Gasteiger charge is -2.32. The van der Waals surface area contributed by atoms with E-state index >= 15 is 0 Å². The van der Waals surface area contributed by atoms with Gasteiger partial charge in [-0.1, -0.05) is 63.3 Å². The molecule has 3 amide bonds. The van der Waals surface area contributed by atoms with Gasteiger partial charge in [0, 0.05) is 38.6 Å². The molecular formula is C44H69ClN6O6. The number of allylic oxidation sites excluding steroid dienone is 3. The number of halogens is 1. The van der Waals surface area contributed by atoms with Gasteiger partial charge in [-0.3, -0.25) is 19.7 Å². The van der Waals surface area contributed by atoms with Crippen LogP contribution in [0.15, 0.2) is 48.3 Å². The van der Waals surface area contributed by atoms with E-state index in [1.54, 1.807) is 52.0 Å². The number of ether oxygens (including phenoxy) is 1. The fourth-order valence-corrected chi connectivity index (χ4v) is 6.86. The van der Waals surface area contributed by atoms with Crippen molar-refractivity contribution in [3.63, 3.8) is 0 Å². The number of nitrogens with one attached hydrogen (secondary N) is 2. The number of likely N-dealkylation sites (N-methyl/N-ethyl adjacent to an activating group) is 3. The van der Waals surface area contributed by atoms with Crippen LogP contribution in [-0.4, -0.2) is 129 Å². The van der Waals surface area contributed by atoms with E-state index in [-0.39, 0.29) is 29.9 Å². The smallest absolute Gasteiger partial charge is 0.412 e. The number of hydrogen-bond donors (Lipinski definition) is 2. The summed E-state index contributed by atoms with van der Waals surface area (Å²) in [5.41, 5.74) is 2.37. The zero-order valence-corrected chi connectivity index (χ0v) is 36.9. The predicted octanol–water partition coefficient (Wildman–Crippen LogP) is 6.48. The van der Waals surface area contributed by atoms with Crippen molar-refractivity contribution in [1.82, 2.24) is 30.2 Å². The average molecular weight is 814 g/mol. The summed E-state index contributed by atoms with van der Waals surface area (Å²) >= 11 is 6.45. The summed E-state index contributed by atoms with van der Waals surface area (Å²) < 4.78 is 5.25. The van der Waals surface area contributed by atoms with E-state index < -0.39 is 29.8 Å². The highest BCUT2D eigenvalue weighted by molar-refractivity contribution is 6.30. The van der Waals surface area contributed by atoms with E-state index in [0.29, 0.717) is 24.2 Å². The Balaban J connectivity index is 2.31. The Morgan fingerprint density at radius 3 is 2.30 bits per heavy atom. The van der Waals surface area contributed by atoms with Crippen LogP contribution in [0.2, 0.25) is 5.02 Å². The zero-order chi connectivity index (χ0) is 42.7. The summed E-state index contributed by atoms with van der Waals surface area (Å²) in [4.78, 5) is 72.6. The molecule has 12 nitrogen and oxygen atoms in total. The summed E-state index contributed by atoms with van der Waals surface area (Å²) in [7, 11) is 9.58. The molecule has 1 heterocycles. The highest BCUT2D eigenvalue weighted by Gasteiger charge is 2.32. The van der Waals surface area contributed by atoms with Gasteiger partial charge in [-0.05, 0) is 127 Å². The summed E-state index contributed by atoms with van der Waals surface area (Å²) in [5.74, 6) is -0.593. The third kappa shape index (κ3) is 18.4. The maximum absolute atomic E-state index is 14.2. The molecule has 3 atom stereocenters. The van der Waals surface area contributed by atoms with Crippen LogP contribution in [0.3, 0.4) is 0 Å². The van der Waals surface area contributed by atoms with E-state index in [4.69, 9.17) is 16.3 Å². The van der Waals surface area contributed by atoms with E-state index in [2.05, 4.69) is 47.7 Å². The molecule has 0 bridgehead atoms. The van der Waals surface area contributed by atoms with Crippen LogP contribution in [-0.2, 0) is 30.3 Å². The van der Waals surface area contributed by atoms with Crippen molar-refractivity contribution in [2.24, 2.45) is 5.92 Å². The molecular weight excluding hydrogens is 744 g/mol. The summed E-state index contributed by atoms with van der Waals surface area (Å²) in [6.07, 6.45) is 14.4. The zero-order valence-electron chi connectivity index (χ0n) is 36.1. The first-order chi connectivity index (χ1) is 26.8. The normalized spacial score (nSPS) is 15.5. The standard InChI is InChI=1S/C44H69ClN6O6/c1-32(2)27-39(42(55)51(10)37(31-53)29-34-28-35(45)19-20-38(34)33-21-25-49(8)26-22-33)47-41(54)40(18-14-12-11-13-15-23-48(6)7)50(9)24-16-17-36(30-52)46-43(56)57-44(3,4)5/h16-17,19-21,24,28,30-32,37,39-40H,11-15,18,22-23,25-27,29H2,1-10H3,(H,46,56)(H,47,54)/b24-16-,36-17+/t37-,39-,40?/m0/s1. The van der Waals surface area contributed by atoms with Crippen LogP contribution in [0, 0.1) is 5.92 Å². The molecule has 1 unspecified atom stereocenters. The third-order valence-corrected chi connectivity index (χ3v) is 10.1. The maximum Gasteiger partial charge on any atom is 0.412 e. The maximum atomic E-state index is 14.2. The Morgan fingerprint density at radius 2 is 1.70 bits per heavy atom. The first-order valence-electron chi connectivity index (χ1n) is 20.2. The quantitative estimate of drug-likeness (QED) is 0.0552. The molecule has 2 rings (SSSR count). The number of carbonyl (C=O) groups excluding carboxylic acids is 5. The molecule has 0 aliphatic carbocycles. The lowest BCUT2D eigenvalue weighted by atomic mass is 9.91. The van der Waals surface area contributed by atoms with Crippen LogP contribution in [0.4, 0.5) is 4.79 Å². The lowest BCUT2D eigenvalue weighted by Crippen LogP contribution is -2.55. The van der Waals surface area contributed by atoms with Gasteiger partial charge in [-0.15, -0.1) is 0 Å². The SMILES string of the molecule is CC(C)C[C@H](NC(=O)C(CCCCCCCN(C)C)N(C)/C=C\C=C(/C=O)NC(=O)OC(C)(C)C)C(=O)N(C)[C@H](C=O)Cc1cc(Cl)ccc1C1=CCN(C)CC1. The fourth-order valence-electron chi connectivity index (χ4n) is 6.67. The van der Waals surface area contributed by atoms with Crippen LogP contribution < -0.4 is 10.6 Å². The molecule has 57 heavy (non-hydrogen) atoms. The van der Waals surface area contributed by atoms with Gasteiger partial charge in [0.05, 0.1) is 11.7 Å². The number of benzene rings is 1. The number of aldehydes is 2. The second kappa shape index (κ2) is 24.7. The largest absolute Gasteiger partial charge is 0.444 e. The molecule has 0 spiro atoms. The van der Waals surface area contributed by atoms with Gasteiger partial charge < -0.3 is 34.4 Å². The van der Waals surface area contributed by atoms with Gasteiger partial charge in [0.15, 0.2) is 6.29 Å². The van der Waals surface area contributed by atoms with Crippen LogP contribution >= 0.6 is 11.6 Å². The average Bonchev–Trinajstić information content (AvgIpc) is 3.13. The molecule has 0 saturated heterocycles. The second-order valence-electron chi connectivity index (χ2n) is 16.8. The van der Waals surface area contributed by atoms with E-state index in [9.17, 15) is 24.0 Å². The predicted molar refractivity (Wildman–Crippen MR) is 230 cm³/mol. The molecule has 0 saturated carbocycles. The molecule has 0 fully saturated rings. The summed E-state index contributed by atoms with van der Waals surface area (Å²) in [5, 5.41) is 6.05. The second-order valence-corrected chi connectivity index (χ2v) is 17.3. The van der Waals surface area contributed by atoms with Crippen LogP contribution in [0.25, 0.3) is 5.57 Å². The number of carbonyl (C=O) groups is 5. The van der Waals surface area contributed by atoms with Gasteiger partial charge in [-0.25, -0.2) is 4.79 Å². The number of nitrogens with zero attached hydrogens (tertiary/aromatic N) is 4. The summed E-state index contributed by atoms with van der Waals surface area (Å²) in [6, 6.07) is 3.42. The Labute approximate surface area is 347 Å². The lowest BCUT2D eigenvalue weighted by molar-refractivity contribution is -0.140. The number of unbranched alkanes of at least 4 members (excludes halogenated alkanes) is 4. The minimum absolute atomic E-state index is 0.00375. The van der Waals surface area contributed by atoms with Crippen molar-refractivity contribution in [3.05, 3.63) is 64.5 Å². The van der Waals surface area contributed by atoms with Crippen LogP contribution in [0.5, 0.6) is 0 Å². The molecule has 0 radical (unpaired) electrons. The molecule has 2 N–H and O–H groups in total. The van der Waals surface area contributed by atoms with E-state index in [1.807, 2.05) is 32.0 Å². The fraction of sp³-hybridized carbons (Fsp3) is 0.614. The van der Waals surface area contributed by atoms with E-state index in [0.717, 1.165) is 75.6 Å². The minimum Gasteiger partial charge on any atom is -0.444 e. The molecule has 1 aromatic carbocycles. The molecule has 1 aromatic rings. The molecule has 318 valence electrons. The molecule has 1 aliphatic rings. The number of rotatable bonds is 23. The highest BCUT2D eigenvalue weighted by atomic mass is 35.5. The van der Waals surface area contributed by atoms with Gasteiger partial charge in [0.1, 0.15) is 24.0 Å². The monoisotopic (exact) mass is 812 g/mol. The number of hydrogen-bond acceptors (Lipinski definition) is 9. The Kier molecular flexibility index (Phi) is 21.3. The topological polar surface area (TPSA) is 132 Å². The van der Waals surface area contributed by atoms with Crippen molar-refractivity contribution in [2.75, 3.05) is 54.9 Å². The number of alkyl carbamates (subject to hydrolysis) is 1. The van der Waals surface area contributed by atoms with Crippen molar-refractivity contribution in [1.29, 1.82) is 0 Å². The van der Waals surface area contributed by atoms with Gasteiger partial charge in [0.25, 0.3) is 0 Å². The first kappa shape index (κ1) is 49.1. The number of amides is 3. The third-order valence-electron chi connectivity index (χ3n) is 9.82. The Bertz CT molecular complexity index is 1570. The molecule has 0 aromatic heterocycles. The first-order valence-corrected chi connectivity index (χ1v) is 20.6. The minimum atomic E-state index is -0.870. The van der Waals surface area contributed by atoms with Crippen molar-refractivity contribution in [3.8, 4) is 0 Å². The Hall–Kier alpha value is -4.00. The highest BCUT2D eigenvalue weighted by Crippen LogP contribution is 2.29. The van der Waals surface area contributed by atoms with Crippen molar-refractivity contribution >= 4 is 47.7 Å². The van der Waals surface area contributed by atoms with Crippen LogP contribution in [0.1, 0.15) is 97.1 Å². The van der Waals surface area contributed by atoms with Crippen molar-refractivity contribution in [2.45, 2.75) is 116 Å². The molecule has 13 heteroatoms.